The average Bonchev–Trinajstić information content (AvgIpc) is 3.03. The van der Waals surface area contributed by atoms with Gasteiger partial charge in [-0.25, -0.2) is 0 Å². The number of carboxylic acid groups (broad SMARTS) is 1. The number of nitrogens with two attached hydrogens (primary N) is 1. The number of methoxy groups -OCH3 is 1. The Balaban J connectivity index is 2.09. The lowest BCUT2D eigenvalue weighted by Gasteiger charge is -2.13. The maximum Gasteiger partial charge on any atom is 0.433 e. The van der Waals surface area contributed by atoms with Gasteiger partial charge in [0.25, 0.3) is 0 Å². The van der Waals surface area contributed by atoms with E-state index in [9.17, 15) is 14.9 Å². The fourth-order valence-corrected chi connectivity index (χ4v) is 2.02. The Morgan fingerprint density at radius 3 is 2.76 bits per heavy atom. The zero-order valence-corrected chi connectivity index (χ0v) is 13.2. The molecular formula is C16H16N2O7. The first-order valence-corrected chi connectivity index (χ1v) is 7.13. The number of furan rings is 1. The van der Waals surface area contributed by atoms with Crippen molar-refractivity contribution in [2.24, 2.45) is 5.73 Å². The first kappa shape index (κ1) is 18.0. The lowest BCUT2D eigenvalue weighted by molar-refractivity contribution is -0.402. The van der Waals surface area contributed by atoms with Crippen LogP contribution in [-0.4, -0.2) is 23.1 Å². The van der Waals surface area contributed by atoms with Crippen LogP contribution in [0.5, 0.6) is 11.5 Å². The zero-order valence-electron chi connectivity index (χ0n) is 13.2. The molecule has 2 rings (SSSR count). The third-order valence-corrected chi connectivity index (χ3v) is 3.23. The second-order valence-electron chi connectivity index (χ2n) is 4.97. The smallest absolute Gasteiger partial charge is 0.433 e. The summed E-state index contributed by atoms with van der Waals surface area (Å²) in [5.41, 5.74) is 6.41. The summed E-state index contributed by atoms with van der Waals surface area (Å²) in [5, 5.41) is 19.3. The minimum absolute atomic E-state index is 0.208. The number of carbonyl (C=O) groups is 1. The van der Waals surface area contributed by atoms with Crippen LogP contribution in [0.1, 0.15) is 23.8 Å². The summed E-state index contributed by atoms with van der Waals surface area (Å²) in [7, 11) is 1.44. The number of carboxylic acids is 1. The highest BCUT2D eigenvalue weighted by Gasteiger charge is 2.14. The van der Waals surface area contributed by atoms with Gasteiger partial charge in [0.1, 0.15) is 10.7 Å². The van der Waals surface area contributed by atoms with Crippen LogP contribution >= 0.6 is 0 Å². The molecule has 0 saturated carbocycles. The SMILES string of the molecule is COc1cc(C(N)CC(=O)O)ccc1O/C=C/c1ccc([N+](=O)[O-])o1. The Hall–Kier alpha value is -3.33. The van der Waals surface area contributed by atoms with Gasteiger partial charge in [0.15, 0.2) is 11.5 Å². The van der Waals surface area contributed by atoms with E-state index in [4.69, 9.17) is 24.7 Å². The van der Waals surface area contributed by atoms with Crippen LogP contribution in [0, 0.1) is 10.1 Å². The van der Waals surface area contributed by atoms with Crippen molar-refractivity contribution in [3.63, 3.8) is 0 Å². The maximum absolute atomic E-state index is 10.7. The Labute approximate surface area is 142 Å². The van der Waals surface area contributed by atoms with E-state index in [1.165, 1.54) is 31.6 Å². The molecule has 9 heteroatoms. The van der Waals surface area contributed by atoms with Gasteiger partial charge in [-0.1, -0.05) is 6.07 Å². The van der Waals surface area contributed by atoms with Crippen LogP contribution in [0.3, 0.4) is 0 Å². The fraction of sp³-hybridized carbons (Fsp3) is 0.188. The Bertz CT molecular complexity index is 798. The van der Waals surface area contributed by atoms with Gasteiger partial charge >= 0.3 is 11.9 Å². The molecule has 0 saturated heterocycles. The molecule has 1 heterocycles. The summed E-state index contributed by atoms with van der Waals surface area (Å²) in [6.07, 6.45) is 2.49. The number of rotatable bonds is 8. The van der Waals surface area contributed by atoms with Gasteiger partial charge in [-0.15, -0.1) is 0 Å². The van der Waals surface area contributed by atoms with Crippen molar-refractivity contribution >= 4 is 17.9 Å². The quantitative estimate of drug-likeness (QED) is 0.422. The number of nitrogens with zero attached hydrogens (tertiary/aromatic N) is 1. The first-order chi connectivity index (χ1) is 11.9. The monoisotopic (exact) mass is 348 g/mol. The van der Waals surface area contributed by atoms with E-state index >= 15 is 0 Å². The largest absolute Gasteiger partial charge is 0.493 e. The van der Waals surface area contributed by atoms with Crippen LogP contribution < -0.4 is 15.2 Å². The minimum Gasteiger partial charge on any atom is -0.493 e. The van der Waals surface area contributed by atoms with Crippen molar-refractivity contribution in [1.29, 1.82) is 0 Å². The highest BCUT2D eigenvalue weighted by Crippen LogP contribution is 2.31. The molecule has 1 aromatic carbocycles. The standard InChI is InChI=1S/C16H16N2O7/c1-23-14-8-10(12(17)9-16(19)20)2-4-13(14)24-7-6-11-3-5-15(25-11)18(21)22/h2-8,12H,9,17H2,1H3,(H,19,20)/b7-6+. The van der Waals surface area contributed by atoms with E-state index in [0.29, 0.717) is 17.1 Å². The van der Waals surface area contributed by atoms with Gasteiger partial charge in [0.05, 0.1) is 25.9 Å². The summed E-state index contributed by atoms with van der Waals surface area (Å²) in [6.45, 7) is 0. The Kier molecular flexibility index (Phi) is 5.75. The average molecular weight is 348 g/mol. The second kappa shape index (κ2) is 7.97. The molecular weight excluding hydrogens is 332 g/mol. The van der Waals surface area contributed by atoms with E-state index < -0.39 is 16.9 Å². The van der Waals surface area contributed by atoms with Crippen LogP contribution in [0.4, 0.5) is 5.88 Å². The van der Waals surface area contributed by atoms with Crippen LogP contribution in [0.25, 0.3) is 6.08 Å². The third kappa shape index (κ3) is 4.82. The molecule has 0 aliphatic carbocycles. The van der Waals surface area contributed by atoms with E-state index in [0.717, 1.165) is 0 Å². The van der Waals surface area contributed by atoms with E-state index in [1.54, 1.807) is 18.2 Å². The van der Waals surface area contributed by atoms with Crippen LogP contribution in [-0.2, 0) is 4.79 Å². The molecule has 3 N–H and O–H groups in total. The number of hydrogen-bond donors (Lipinski definition) is 2. The topological polar surface area (TPSA) is 138 Å². The fourth-order valence-electron chi connectivity index (χ4n) is 2.02. The summed E-state index contributed by atoms with van der Waals surface area (Å²) in [5.74, 6) is -0.374. The van der Waals surface area contributed by atoms with Gasteiger partial charge in [0.2, 0.25) is 0 Å². The number of ether oxygens (including phenoxy) is 2. The van der Waals surface area contributed by atoms with E-state index in [1.807, 2.05) is 0 Å². The van der Waals surface area contributed by atoms with Crippen molar-refractivity contribution < 1.29 is 28.7 Å². The molecule has 2 aromatic rings. The van der Waals surface area contributed by atoms with Crippen molar-refractivity contribution in [3.8, 4) is 11.5 Å². The van der Waals surface area contributed by atoms with Crippen molar-refractivity contribution in [3.05, 3.63) is 58.0 Å². The molecule has 1 atom stereocenters. The summed E-state index contributed by atoms with van der Waals surface area (Å²) in [4.78, 5) is 20.6. The van der Waals surface area contributed by atoms with E-state index in [-0.39, 0.29) is 18.1 Å². The zero-order chi connectivity index (χ0) is 18.4. The Morgan fingerprint density at radius 1 is 1.40 bits per heavy atom. The molecule has 0 amide bonds. The first-order valence-electron chi connectivity index (χ1n) is 7.13. The number of aliphatic carboxylic acids is 1. The molecule has 0 aliphatic rings. The normalized spacial score (nSPS) is 12.1. The van der Waals surface area contributed by atoms with Crippen molar-refractivity contribution in [2.45, 2.75) is 12.5 Å². The van der Waals surface area contributed by atoms with Gasteiger partial charge in [0, 0.05) is 12.1 Å². The second-order valence-corrected chi connectivity index (χ2v) is 4.97. The van der Waals surface area contributed by atoms with E-state index in [2.05, 4.69) is 0 Å². The highest BCUT2D eigenvalue weighted by atomic mass is 16.6. The number of nitro groups is 1. The minimum atomic E-state index is -0.998. The Morgan fingerprint density at radius 2 is 2.16 bits per heavy atom. The van der Waals surface area contributed by atoms with Gasteiger partial charge in [-0.3, -0.25) is 14.9 Å². The summed E-state index contributed by atoms with van der Waals surface area (Å²) >= 11 is 0. The van der Waals surface area contributed by atoms with Crippen LogP contribution in [0.2, 0.25) is 0 Å². The van der Waals surface area contributed by atoms with Crippen molar-refractivity contribution in [1.82, 2.24) is 0 Å². The number of benzene rings is 1. The van der Waals surface area contributed by atoms with Gasteiger partial charge in [-0.2, -0.15) is 0 Å². The van der Waals surface area contributed by atoms with Gasteiger partial charge < -0.3 is 24.7 Å². The molecule has 0 radical (unpaired) electrons. The predicted molar refractivity (Wildman–Crippen MR) is 87.2 cm³/mol. The molecule has 0 fully saturated rings. The van der Waals surface area contributed by atoms with Crippen LogP contribution in [0.15, 0.2) is 41.0 Å². The molecule has 9 nitrogen and oxygen atoms in total. The molecule has 1 aromatic heterocycles. The lowest BCUT2D eigenvalue weighted by Crippen LogP contribution is -2.15. The molecule has 25 heavy (non-hydrogen) atoms. The third-order valence-electron chi connectivity index (χ3n) is 3.23. The van der Waals surface area contributed by atoms with Crippen molar-refractivity contribution in [2.75, 3.05) is 7.11 Å². The predicted octanol–water partition coefficient (Wildman–Crippen LogP) is 2.72. The lowest BCUT2D eigenvalue weighted by atomic mass is 10.0. The maximum atomic E-state index is 10.7. The summed E-state index contributed by atoms with van der Waals surface area (Å²) in [6, 6.07) is 6.82. The molecule has 0 aliphatic heterocycles. The molecule has 0 bridgehead atoms. The summed E-state index contributed by atoms with van der Waals surface area (Å²) < 4.78 is 15.6. The molecule has 1 unspecified atom stereocenters. The molecule has 132 valence electrons. The molecule has 0 spiro atoms. The number of hydrogen-bond acceptors (Lipinski definition) is 7. The highest BCUT2D eigenvalue weighted by molar-refractivity contribution is 5.68. The van der Waals surface area contributed by atoms with Gasteiger partial charge in [-0.05, 0) is 23.8 Å².